The second-order valence-corrected chi connectivity index (χ2v) is 7.19. The maximum absolute atomic E-state index is 12.6. The van der Waals surface area contributed by atoms with Crippen LogP contribution in [0.4, 0.5) is 0 Å². The molecule has 3 aromatic rings. The van der Waals surface area contributed by atoms with E-state index in [1.807, 2.05) is 30.5 Å². The van der Waals surface area contributed by atoms with Crippen LogP contribution in [0.15, 0.2) is 30.5 Å². The van der Waals surface area contributed by atoms with Gasteiger partial charge in [-0.1, -0.05) is 0 Å². The number of aryl methyl sites for hydroxylation is 1. The van der Waals surface area contributed by atoms with Crippen molar-refractivity contribution in [2.24, 2.45) is 0 Å². The fourth-order valence-electron chi connectivity index (χ4n) is 3.79. The molecule has 7 heteroatoms. The molecule has 0 unspecified atom stereocenters. The Balaban J connectivity index is 1.40. The fourth-order valence-corrected chi connectivity index (χ4v) is 3.79. The average molecular weight is 382 g/mol. The van der Waals surface area contributed by atoms with Crippen LogP contribution in [0, 0.1) is 6.92 Å². The lowest BCUT2D eigenvalue weighted by Crippen LogP contribution is -2.29. The molecule has 28 heavy (non-hydrogen) atoms. The summed E-state index contributed by atoms with van der Waals surface area (Å²) < 4.78 is 12.9. The Morgan fingerprint density at radius 3 is 2.96 bits per heavy atom. The van der Waals surface area contributed by atoms with Gasteiger partial charge in [0, 0.05) is 55.0 Å². The molecule has 1 amide bonds. The number of methoxy groups -OCH3 is 1. The molecule has 1 aliphatic rings. The van der Waals surface area contributed by atoms with Crippen LogP contribution in [0.1, 0.15) is 40.8 Å². The van der Waals surface area contributed by atoms with Crippen molar-refractivity contribution in [3.05, 3.63) is 47.7 Å². The van der Waals surface area contributed by atoms with Crippen molar-refractivity contribution >= 4 is 16.8 Å². The quantitative estimate of drug-likeness (QED) is 0.687. The Hall–Kier alpha value is -2.80. The van der Waals surface area contributed by atoms with E-state index in [0.29, 0.717) is 24.7 Å². The normalized spacial score (nSPS) is 15.1. The lowest BCUT2D eigenvalue weighted by molar-refractivity contribution is 0.0827. The van der Waals surface area contributed by atoms with Crippen molar-refractivity contribution in [2.45, 2.75) is 32.2 Å². The number of aromatic nitrogens is 3. The van der Waals surface area contributed by atoms with Gasteiger partial charge < -0.3 is 24.3 Å². The number of aromatic amines is 1. The molecule has 0 spiro atoms. The van der Waals surface area contributed by atoms with E-state index in [0.717, 1.165) is 54.2 Å². The highest BCUT2D eigenvalue weighted by atomic mass is 16.5. The number of fused-ring (bicyclic) bond motifs is 1. The third kappa shape index (κ3) is 3.75. The number of hydrogen-bond acceptors (Lipinski definition) is 4. The second-order valence-electron chi connectivity index (χ2n) is 7.19. The van der Waals surface area contributed by atoms with E-state index < -0.39 is 0 Å². The lowest BCUT2D eigenvalue weighted by Gasteiger charge is -2.23. The van der Waals surface area contributed by atoms with E-state index >= 15 is 0 Å². The molecule has 0 radical (unpaired) electrons. The molecule has 0 saturated carbocycles. The van der Waals surface area contributed by atoms with Crippen molar-refractivity contribution in [1.82, 2.24) is 19.9 Å². The SMILES string of the molecule is COc1ccc2[nH]c(C(=O)NCCn3c(C)cnc3C3CCOCC3)cc2c1. The maximum Gasteiger partial charge on any atom is 0.267 e. The Kier molecular flexibility index (Phi) is 5.34. The van der Waals surface area contributed by atoms with Crippen LogP contribution in [0.3, 0.4) is 0 Å². The number of benzene rings is 1. The van der Waals surface area contributed by atoms with Crippen molar-refractivity contribution in [3.63, 3.8) is 0 Å². The van der Waals surface area contributed by atoms with Gasteiger partial charge in [-0.3, -0.25) is 4.79 Å². The van der Waals surface area contributed by atoms with Crippen LogP contribution >= 0.6 is 0 Å². The predicted molar refractivity (Wildman–Crippen MR) is 107 cm³/mol. The van der Waals surface area contributed by atoms with Gasteiger partial charge in [-0.15, -0.1) is 0 Å². The molecule has 7 nitrogen and oxygen atoms in total. The highest BCUT2D eigenvalue weighted by Crippen LogP contribution is 2.26. The van der Waals surface area contributed by atoms with E-state index in [4.69, 9.17) is 9.47 Å². The van der Waals surface area contributed by atoms with Gasteiger partial charge in [-0.2, -0.15) is 0 Å². The third-order valence-corrected chi connectivity index (χ3v) is 5.37. The molecule has 0 bridgehead atoms. The van der Waals surface area contributed by atoms with Gasteiger partial charge in [0.25, 0.3) is 5.91 Å². The minimum atomic E-state index is -0.111. The van der Waals surface area contributed by atoms with Gasteiger partial charge in [0.05, 0.1) is 7.11 Å². The Morgan fingerprint density at radius 1 is 1.36 bits per heavy atom. The maximum atomic E-state index is 12.6. The summed E-state index contributed by atoms with van der Waals surface area (Å²) in [5.74, 6) is 2.20. The Morgan fingerprint density at radius 2 is 2.18 bits per heavy atom. The smallest absolute Gasteiger partial charge is 0.267 e. The summed E-state index contributed by atoms with van der Waals surface area (Å²) in [7, 11) is 1.63. The van der Waals surface area contributed by atoms with Crippen LogP contribution in [-0.4, -0.2) is 47.3 Å². The summed E-state index contributed by atoms with van der Waals surface area (Å²) in [6.45, 7) is 4.89. The number of ether oxygens (including phenoxy) is 2. The van der Waals surface area contributed by atoms with E-state index in [1.54, 1.807) is 7.11 Å². The minimum absolute atomic E-state index is 0.111. The number of carbonyl (C=O) groups is 1. The molecule has 1 fully saturated rings. The van der Waals surface area contributed by atoms with Crippen molar-refractivity contribution in [2.75, 3.05) is 26.9 Å². The molecule has 2 N–H and O–H groups in total. The predicted octanol–water partition coefficient (Wildman–Crippen LogP) is 3.01. The van der Waals surface area contributed by atoms with Gasteiger partial charge in [-0.25, -0.2) is 4.98 Å². The molecule has 1 aromatic carbocycles. The van der Waals surface area contributed by atoms with Gasteiger partial charge in [0.1, 0.15) is 17.3 Å². The highest BCUT2D eigenvalue weighted by Gasteiger charge is 2.21. The summed E-state index contributed by atoms with van der Waals surface area (Å²) in [4.78, 5) is 20.3. The molecule has 0 aliphatic carbocycles. The number of nitrogens with zero attached hydrogens (tertiary/aromatic N) is 2. The zero-order valence-electron chi connectivity index (χ0n) is 16.3. The number of imidazole rings is 1. The largest absolute Gasteiger partial charge is 0.497 e. The minimum Gasteiger partial charge on any atom is -0.497 e. The molecule has 3 heterocycles. The van der Waals surface area contributed by atoms with Crippen molar-refractivity contribution in [3.8, 4) is 5.75 Å². The van der Waals surface area contributed by atoms with E-state index in [2.05, 4.69) is 26.8 Å². The van der Waals surface area contributed by atoms with Crippen molar-refractivity contribution in [1.29, 1.82) is 0 Å². The fraction of sp³-hybridized carbons (Fsp3) is 0.429. The molecule has 148 valence electrons. The third-order valence-electron chi connectivity index (χ3n) is 5.37. The highest BCUT2D eigenvalue weighted by molar-refractivity contribution is 5.98. The average Bonchev–Trinajstić information content (AvgIpc) is 3.31. The van der Waals surface area contributed by atoms with Crippen LogP contribution in [-0.2, 0) is 11.3 Å². The van der Waals surface area contributed by atoms with Crippen LogP contribution in [0.2, 0.25) is 0 Å². The molecule has 4 rings (SSSR count). The van der Waals surface area contributed by atoms with E-state index in [9.17, 15) is 4.79 Å². The molecule has 0 atom stereocenters. The van der Waals surface area contributed by atoms with Gasteiger partial charge in [-0.05, 0) is 44.0 Å². The summed E-state index contributed by atoms with van der Waals surface area (Å²) in [5.41, 5.74) is 2.59. The second kappa shape index (κ2) is 8.06. The zero-order valence-corrected chi connectivity index (χ0v) is 16.3. The van der Waals surface area contributed by atoms with Gasteiger partial charge in [0.15, 0.2) is 0 Å². The Bertz CT molecular complexity index is 969. The number of nitrogens with one attached hydrogen (secondary N) is 2. The molecule has 1 aliphatic heterocycles. The Labute approximate surface area is 164 Å². The number of rotatable bonds is 6. The first-order valence-electron chi connectivity index (χ1n) is 9.70. The lowest BCUT2D eigenvalue weighted by atomic mass is 9.99. The molecular weight excluding hydrogens is 356 g/mol. The van der Waals surface area contributed by atoms with E-state index in [1.165, 1.54) is 0 Å². The first kappa shape index (κ1) is 18.6. The summed E-state index contributed by atoms with van der Waals surface area (Å²) in [6.07, 6.45) is 3.92. The standard InChI is InChI=1S/C21H26N4O3/c1-14-13-23-20(15-5-9-28-10-6-15)25(14)8-7-22-21(26)19-12-16-11-17(27-2)3-4-18(16)24-19/h3-4,11-13,15,24H,5-10H2,1-2H3,(H,22,26). The topological polar surface area (TPSA) is 81.2 Å². The molecular formula is C21H26N4O3. The summed E-state index contributed by atoms with van der Waals surface area (Å²) >= 11 is 0. The molecule has 1 saturated heterocycles. The van der Waals surface area contributed by atoms with Crippen LogP contribution in [0.25, 0.3) is 10.9 Å². The number of H-pyrrole nitrogens is 1. The van der Waals surface area contributed by atoms with Crippen molar-refractivity contribution < 1.29 is 14.3 Å². The first-order valence-corrected chi connectivity index (χ1v) is 9.70. The summed E-state index contributed by atoms with van der Waals surface area (Å²) in [6, 6.07) is 7.56. The number of amides is 1. The monoisotopic (exact) mass is 382 g/mol. The van der Waals surface area contributed by atoms with E-state index in [-0.39, 0.29) is 5.91 Å². The number of hydrogen-bond donors (Lipinski definition) is 2. The van der Waals surface area contributed by atoms with Gasteiger partial charge >= 0.3 is 0 Å². The number of carbonyl (C=O) groups excluding carboxylic acids is 1. The van der Waals surface area contributed by atoms with Gasteiger partial charge in [0.2, 0.25) is 0 Å². The first-order chi connectivity index (χ1) is 13.7. The molecule has 2 aromatic heterocycles. The van der Waals surface area contributed by atoms with Crippen LogP contribution in [0.5, 0.6) is 5.75 Å². The van der Waals surface area contributed by atoms with Crippen LogP contribution < -0.4 is 10.1 Å². The summed E-state index contributed by atoms with van der Waals surface area (Å²) in [5, 5.41) is 3.96. The zero-order chi connectivity index (χ0) is 19.5.